The van der Waals surface area contributed by atoms with Gasteiger partial charge in [0, 0.05) is 5.56 Å². The predicted molar refractivity (Wildman–Crippen MR) is 51.7 cm³/mol. The third kappa shape index (κ3) is 3.16. The molecule has 0 bridgehead atoms. The Kier molecular flexibility index (Phi) is 4.03. The molecule has 0 heterocycles. The van der Waals surface area contributed by atoms with Gasteiger partial charge in [0.1, 0.15) is 11.6 Å². The lowest BCUT2D eigenvalue weighted by atomic mass is 10.1. The van der Waals surface area contributed by atoms with Crippen LogP contribution in [0.1, 0.15) is 12.5 Å². The zero-order valence-corrected chi connectivity index (χ0v) is 8.78. The summed E-state index contributed by atoms with van der Waals surface area (Å²) in [5.74, 6) is -2.06. The SMILES string of the molecule is CCOC(=O)Cc1cc(F)c(Cl)cc1F. The van der Waals surface area contributed by atoms with Crippen molar-refractivity contribution in [3.05, 3.63) is 34.4 Å². The van der Waals surface area contributed by atoms with Crippen molar-refractivity contribution in [2.24, 2.45) is 0 Å². The molecular weight excluding hydrogens is 226 g/mol. The minimum atomic E-state index is -0.752. The molecule has 0 fully saturated rings. The fraction of sp³-hybridized carbons (Fsp3) is 0.300. The number of carbonyl (C=O) groups excluding carboxylic acids is 1. The van der Waals surface area contributed by atoms with E-state index in [2.05, 4.69) is 4.74 Å². The second-order valence-corrected chi connectivity index (χ2v) is 3.25. The number of hydrogen-bond acceptors (Lipinski definition) is 2. The normalized spacial score (nSPS) is 10.1. The van der Waals surface area contributed by atoms with Crippen molar-refractivity contribution in [2.45, 2.75) is 13.3 Å². The Morgan fingerprint density at radius 1 is 1.40 bits per heavy atom. The van der Waals surface area contributed by atoms with E-state index < -0.39 is 17.6 Å². The van der Waals surface area contributed by atoms with Crippen LogP contribution in [0.15, 0.2) is 12.1 Å². The molecular formula is C10H9ClF2O2. The molecule has 0 radical (unpaired) electrons. The number of esters is 1. The number of benzene rings is 1. The topological polar surface area (TPSA) is 26.3 Å². The molecule has 1 aromatic rings. The van der Waals surface area contributed by atoms with Gasteiger partial charge >= 0.3 is 5.97 Å². The Morgan fingerprint density at radius 2 is 2.07 bits per heavy atom. The summed E-state index contributed by atoms with van der Waals surface area (Å²) in [5, 5.41) is -0.305. The van der Waals surface area contributed by atoms with E-state index in [0.29, 0.717) is 0 Å². The lowest BCUT2D eigenvalue weighted by molar-refractivity contribution is -0.142. The van der Waals surface area contributed by atoms with Gasteiger partial charge in [-0.15, -0.1) is 0 Å². The third-order valence-corrected chi connectivity index (χ3v) is 2.02. The average Bonchev–Trinajstić information content (AvgIpc) is 2.14. The van der Waals surface area contributed by atoms with E-state index >= 15 is 0 Å². The van der Waals surface area contributed by atoms with Gasteiger partial charge in [0.25, 0.3) is 0 Å². The van der Waals surface area contributed by atoms with Crippen molar-refractivity contribution in [2.75, 3.05) is 6.61 Å². The summed E-state index contributed by atoms with van der Waals surface area (Å²) in [6, 6.07) is 1.74. The number of halogens is 3. The zero-order valence-electron chi connectivity index (χ0n) is 8.02. The predicted octanol–water partition coefficient (Wildman–Crippen LogP) is 2.72. The minimum absolute atomic E-state index is 0.0599. The summed E-state index contributed by atoms with van der Waals surface area (Å²) < 4.78 is 30.7. The van der Waals surface area contributed by atoms with Gasteiger partial charge in [-0.25, -0.2) is 8.78 Å². The number of ether oxygens (including phenoxy) is 1. The van der Waals surface area contributed by atoms with E-state index in [1.54, 1.807) is 6.92 Å². The van der Waals surface area contributed by atoms with Crippen LogP contribution in [-0.4, -0.2) is 12.6 Å². The fourth-order valence-corrected chi connectivity index (χ4v) is 1.22. The van der Waals surface area contributed by atoms with Crippen LogP contribution >= 0.6 is 11.6 Å². The van der Waals surface area contributed by atoms with Crippen molar-refractivity contribution in [1.82, 2.24) is 0 Å². The molecule has 0 atom stereocenters. The van der Waals surface area contributed by atoms with Gasteiger partial charge in [-0.3, -0.25) is 4.79 Å². The van der Waals surface area contributed by atoms with Crippen LogP contribution in [0.5, 0.6) is 0 Å². The molecule has 0 saturated carbocycles. The second-order valence-electron chi connectivity index (χ2n) is 2.84. The highest BCUT2D eigenvalue weighted by Gasteiger charge is 2.12. The molecule has 1 aromatic carbocycles. The highest BCUT2D eigenvalue weighted by Crippen LogP contribution is 2.19. The first kappa shape index (κ1) is 11.9. The highest BCUT2D eigenvalue weighted by atomic mass is 35.5. The molecule has 0 saturated heterocycles. The molecule has 1 rings (SSSR count). The number of rotatable bonds is 3. The highest BCUT2D eigenvalue weighted by molar-refractivity contribution is 6.30. The first-order chi connectivity index (χ1) is 7.04. The van der Waals surface area contributed by atoms with E-state index in [9.17, 15) is 13.6 Å². The van der Waals surface area contributed by atoms with E-state index in [-0.39, 0.29) is 23.6 Å². The Morgan fingerprint density at radius 3 is 2.67 bits per heavy atom. The molecule has 0 aromatic heterocycles. The summed E-state index contributed by atoms with van der Waals surface area (Å²) in [6.45, 7) is 1.84. The van der Waals surface area contributed by atoms with Gasteiger partial charge in [0.05, 0.1) is 18.1 Å². The summed E-state index contributed by atoms with van der Waals surface area (Å²) in [5.41, 5.74) is -0.0599. The Balaban J connectivity index is 2.86. The molecule has 0 aliphatic heterocycles. The van der Waals surface area contributed by atoms with Crippen molar-refractivity contribution < 1.29 is 18.3 Å². The second kappa shape index (κ2) is 5.07. The quantitative estimate of drug-likeness (QED) is 0.594. The first-order valence-electron chi connectivity index (χ1n) is 4.33. The standard InChI is InChI=1S/C10H9ClF2O2/c1-2-15-10(14)4-6-3-9(13)7(11)5-8(6)12/h3,5H,2,4H2,1H3. The van der Waals surface area contributed by atoms with Gasteiger partial charge in [-0.2, -0.15) is 0 Å². The fourth-order valence-electron chi connectivity index (χ4n) is 1.07. The molecule has 0 unspecified atom stereocenters. The summed E-state index contributed by atoms with van der Waals surface area (Å²) in [7, 11) is 0. The van der Waals surface area contributed by atoms with Gasteiger partial charge < -0.3 is 4.74 Å². The Labute approximate surface area is 90.8 Å². The molecule has 0 amide bonds. The molecule has 0 aliphatic carbocycles. The van der Waals surface area contributed by atoms with Crippen molar-refractivity contribution >= 4 is 17.6 Å². The van der Waals surface area contributed by atoms with Crippen LogP contribution in [-0.2, 0) is 16.0 Å². The molecule has 15 heavy (non-hydrogen) atoms. The van der Waals surface area contributed by atoms with E-state index in [1.165, 1.54) is 0 Å². The van der Waals surface area contributed by atoms with Crippen LogP contribution < -0.4 is 0 Å². The zero-order chi connectivity index (χ0) is 11.4. The van der Waals surface area contributed by atoms with Crippen molar-refractivity contribution in [3.63, 3.8) is 0 Å². The lowest BCUT2D eigenvalue weighted by Gasteiger charge is -2.04. The van der Waals surface area contributed by atoms with E-state index in [1.807, 2.05) is 0 Å². The summed E-state index contributed by atoms with van der Waals surface area (Å²) >= 11 is 5.35. The largest absolute Gasteiger partial charge is 0.466 e. The van der Waals surface area contributed by atoms with Crippen LogP contribution in [0.3, 0.4) is 0 Å². The Bertz CT molecular complexity index is 380. The van der Waals surface area contributed by atoms with Crippen LogP contribution in [0.2, 0.25) is 5.02 Å². The monoisotopic (exact) mass is 234 g/mol. The number of carbonyl (C=O) groups is 1. The lowest BCUT2D eigenvalue weighted by Crippen LogP contribution is -2.09. The van der Waals surface area contributed by atoms with Crippen LogP contribution in [0, 0.1) is 11.6 Å². The summed E-state index contributed by atoms with van der Waals surface area (Å²) in [6.07, 6.45) is -0.298. The van der Waals surface area contributed by atoms with E-state index in [0.717, 1.165) is 12.1 Å². The van der Waals surface area contributed by atoms with Gasteiger partial charge in [-0.05, 0) is 19.1 Å². The Hall–Kier alpha value is -1.16. The smallest absolute Gasteiger partial charge is 0.310 e. The maximum absolute atomic E-state index is 13.2. The van der Waals surface area contributed by atoms with Crippen LogP contribution in [0.25, 0.3) is 0 Å². The average molecular weight is 235 g/mol. The molecule has 0 N–H and O–H groups in total. The molecule has 82 valence electrons. The maximum atomic E-state index is 13.2. The van der Waals surface area contributed by atoms with Gasteiger partial charge in [0.15, 0.2) is 0 Å². The first-order valence-corrected chi connectivity index (χ1v) is 4.71. The summed E-state index contributed by atoms with van der Waals surface area (Å²) in [4.78, 5) is 11.0. The van der Waals surface area contributed by atoms with Crippen LogP contribution in [0.4, 0.5) is 8.78 Å². The third-order valence-electron chi connectivity index (χ3n) is 1.73. The molecule has 0 spiro atoms. The van der Waals surface area contributed by atoms with Gasteiger partial charge in [0.2, 0.25) is 0 Å². The maximum Gasteiger partial charge on any atom is 0.310 e. The number of hydrogen-bond donors (Lipinski definition) is 0. The van der Waals surface area contributed by atoms with Gasteiger partial charge in [-0.1, -0.05) is 11.6 Å². The van der Waals surface area contributed by atoms with Crippen molar-refractivity contribution in [3.8, 4) is 0 Å². The molecule has 2 nitrogen and oxygen atoms in total. The molecule has 5 heteroatoms. The van der Waals surface area contributed by atoms with Crippen molar-refractivity contribution in [1.29, 1.82) is 0 Å². The minimum Gasteiger partial charge on any atom is -0.466 e. The van der Waals surface area contributed by atoms with E-state index in [4.69, 9.17) is 11.6 Å². The molecule has 0 aliphatic rings.